The summed E-state index contributed by atoms with van der Waals surface area (Å²) in [6.45, 7) is 4.06. The third kappa shape index (κ3) is 2.96. The van der Waals surface area contributed by atoms with E-state index in [1.165, 1.54) is 0 Å². The highest BCUT2D eigenvalue weighted by Crippen LogP contribution is 2.33. The lowest BCUT2D eigenvalue weighted by molar-refractivity contribution is 0.0249. The molecule has 2 rings (SSSR count). The third-order valence-corrected chi connectivity index (χ3v) is 4.73. The average Bonchev–Trinajstić information content (AvgIpc) is 2.67. The third-order valence-electron chi connectivity index (χ3n) is 3.70. The highest BCUT2D eigenvalue weighted by Gasteiger charge is 2.31. The van der Waals surface area contributed by atoms with Gasteiger partial charge in [0, 0.05) is 13.5 Å². The summed E-state index contributed by atoms with van der Waals surface area (Å²) in [4.78, 5) is 0. The topological polar surface area (TPSA) is 38.1 Å². The van der Waals surface area contributed by atoms with Gasteiger partial charge in [0.1, 0.15) is 0 Å². The van der Waals surface area contributed by atoms with Gasteiger partial charge in [-0.2, -0.15) is 5.10 Å². The summed E-state index contributed by atoms with van der Waals surface area (Å²) in [6, 6.07) is 9.90. The van der Waals surface area contributed by atoms with Gasteiger partial charge in [-0.25, -0.2) is 0 Å². The minimum atomic E-state index is -0.848. The normalized spacial score (nSPS) is 14.2. The van der Waals surface area contributed by atoms with Crippen LogP contribution >= 0.6 is 15.9 Å². The zero-order valence-corrected chi connectivity index (χ0v) is 13.8. The summed E-state index contributed by atoms with van der Waals surface area (Å²) in [5, 5.41) is 15.5. The fourth-order valence-corrected chi connectivity index (χ4v) is 3.12. The summed E-state index contributed by atoms with van der Waals surface area (Å²) in [7, 11) is 1.92. The molecule has 0 bridgehead atoms. The Hall–Kier alpha value is -1.13. The first-order valence-corrected chi connectivity index (χ1v) is 7.73. The lowest BCUT2D eigenvalue weighted by Crippen LogP contribution is -2.29. The number of aromatic nitrogens is 2. The molecule has 1 aromatic carbocycles. The minimum Gasteiger partial charge on any atom is -0.385 e. The van der Waals surface area contributed by atoms with Crippen LogP contribution in [-0.2, 0) is 19.1 Å². The van der Waals surface area contributed by atoms with Crippen LogP contribution in [0.25, 0.3) is 0 Å². The van der Waals surface area contributed by atoms with Crippen molar-refractivity contribution < 1.29 is 5.11 Å². The molecule has 0 saturated heterocycles. The summed E-state index contributed by atoms with van der Waals surface area (Å²) in [5.74, 6) is 0. The zero-order chi connectivity index (χ0) is 14.8. The first-order valence-electron chi connectivity index (χ1n) is 6.94. The Morgan fingerprint density at radius 3 is 2.45 bits per heavy atom. The molecule has 1 aromatic heterocycles. The van der Waals surface area contributed by atoms with Crippen molar-refractivity contribution in [2.45, 2.75) is 38.7 Å². The number of hydrogen-bond donors (Lipinski definition) is 1. The first-order chi connectivity index (χ1) is 9.48. The Labute approximate surface area is 128 Å². The molecule has 1 N–H and O–H groups in total. The molecule has 0 spiro atoms. The standard InChI is InChI=1S/C16H21BrN2O/c1-4-10-16(20,13-8-6-5-7-9-13)11-14-15(17)12(2)18-19(14)3/h5-9,20H,4,10-11H2,1-3H3. The van der Waals surface area contributed by atoms with Crippen LogP contribution in [0.3, 0.4) is 0 Å². The van der Waals surface area contributed by atoms with Crippen LogP contribution in [-0.4, -0.2) is 14.9 Å². The number of aliphatic hydroxyl groups is 1. The molecule has 1 unspecified atom stereocenters. The maximum absolute atomic E-state index is 11.1. The molecule has 1 atom stereocenters. The molecule has 108 valence electrons. The van der Waals surface area contributed by atoms with E-state index in [9.17, 15) is 5.11 Å². The van der Waals surface area contributed by atoms with E-state index in [0.717, 1.165) is 34.3 Å². The number of benzene rings is 1. The zero-order valence-electron chi connectivity index (χ0n) is 12.2. The highest BCUT2D eigenvalue weighted by molar-refractivity contribution is 9.10. The van der Waals surface area contributed by atoms with E-state index in [4.69, 9.17) is 0 Å². The van der Waals surface area contributed by atoms with Gasteiger partial charge in [-0.3, -0.25) is 4.68 Å². The molecule has 2 aromatic rings. The summed E-state index contributed by atoms with van der Waals surface area (Å²) < 4.78 is 2.84. The summed E-state index contributed by atoms with van der Waals surface area (Å²) in [6.07, 6.45) is 2.22. The van der Waals surface area contributed by atoms with Gasteiger partial charge in [0.15, 0.2) is 0 Å². The van der Waals surface area contributed by atoms with Crippen molar-refractivity contribution in [2.75, 3.05) is 0 Å². The molecular formula is C16H21BrN2O. The number of halogens is 1. The highest BCUT2D eigenvalue weighted by atomic mass is 79.9. The number of rotatable bonds is 5. The van der Waals surface area contributed by atoms with Gasteiger partial charge in [0.2, 0.25) is 0 Å². The molecule has 20 heavy (non-hydrogen) atoms. The molecule has 0 radical (unpaired) electrons. The molecule has 0 aliphatic rings. The lowest BCUT2D eigenvalue weighted by atomic mass is 9.85. The van der Waals surface area contributed by atoms with E-state index >= 15 is 0 Å². The number of nitrogens with zero attached hydrogens (tertiary/aromatic N) is 2. The Kier molecular flexibility index (Phi) is 4.66. The number of hydrogen-bond acceptors (Lipinski definition) is 2. The van der Waals surface area contributed by atoms with E-state index in [1.807, 2.05) is 49.0 Å². The molecule has 0 aliphatic carbocycles. The Bertz CT molecular complexity index is 580. The number of aryl methyl sites for hydroxylation is 2. The lowest BCUT2D eigenvalue weighted by Gasteiger charge is -2.28. The van der Waals surface area contributed by atoms with Crippen molar-refractivity contribution in [3.63, 3.8) is 0 Å². The monoisotopic (exact) mass is 336 g/mol. The van der Waals surface area contributed by atoms with E-state index in [2.05, 4.69) is 28.0 Å². The van der Waals surface area contributed by atoms with Gasteiger partial charge in [0.25, 0.3) is 0 Å². The van der Waals surface area contributed by atoms with Gasteiger partial charge in [-0.05, 0) is 34.8 Å². The molecule has 0 amide bonds. The SMILES string of the molecule is CCCC(O)(Cc1c(Br)c(C)nn1C)c1ccccc1. The fraction of sp³-hybridized carbons (Fsp3) is 0.438. The second-order valence-corrected chi connectivity index (χ2v) is 6.09. The first kappa shape index (κ1) is 15.3. The van der Waals surface area contributed by atoms with Crippen molar-refractivity contribution in [2.24, 2.45) is 7.05 Å². The van der Waals surface area contributed by atoms with Gasteiger partial charge >= 0.3 is 0 Å². The van der Waals surface area contributed by atoms with Crippen LogP contribution in [0.5, 0.6) is 0 Å². The van der Waals surface area contributed by atoms with Crippen LogP contribution in [0.1, 0.15) is 36.7 Å². The van der Waals surface area contributed by atoms with Crippen LogP contribution in [0.15, 0.2) is 34.8 Å². The Morgan fingerprint density at radius 2 is 1.95 bits per heavy atom. The van der Waals surface area contributed by atoms with Crippen molar-refractivity contribution >= 4 is 15.9 Å². The van der Waals surface area contributed by atoms with Crippen molar-refractivity contribution in [1.29, 1.82) is 0 Å². The molecule has 0 aliphatic heterocycles. The quantitative estimate of drug-likeness (QED) is 0.903. The predicted molar refractivity (Wildman–Crippen MR) is 84.6 cm³/mol. The van der Waals surface area contributed by atoms with E-state index in [0.29, 0.717) is 6.42 Å². The Balaban J connectivity index is 2.39. The van der Waals surface area contributed by atoms with Crippen LogP contribution in [0, 0.1) is 6.92 Å². The van der Waals surface area contributed by atoms with Crippen LogP contribution < -0.4 is 0 Å². The fourth-order valence-electron chi connectivity index (χ4n) is 2.65. The predicted octanol–water partition coefficient (Wildman–Crippen LogP) is 3.72. The van der Waals surface area contributed by atoms with E-state index in [1.54, 1.807) is 0 Å². The second-order valence-electron chi connectivity index (χ2n) is 5.29. The maximum Gasteiger partial charge on any atom is 0.0951 e. The average molecular weight is 337 g/mol. The molecule has 3 nitrogen and oxygen atoms in total. The smallest absolute Gasteiger partial charge is 0.0951 e. The van der Waals surface area contributed by atoms with E-state index in [-0.39, 0.29) is 0 Å². The van der Waals surface area contributed by atoms with Crippen LogP contribution in [0.2, 0.25) is 0 Å². The minimum absolute atomic E-state index is 0.558. The van der Waals surface area contributed by atoms with E-state index < -0.39 is 5.60 Å². The molecule has 0 saturated carbocycles. The van der Waals surface area contributed by atoms with Crippen LogP contribution in [0.4, 0.5) is 0 Å². The Morgan fingerprint density at radius 1 is 1.30 bits per heavy atom. The molecule has 1 heterocycles. The molecule has 4 heteroatoms. The van der Waals surface area contributed by atoms with Gasteiger partial charge in [-0.1, -0.05) is 43.7 Å². The summed E-state index contributed by atoms with van der Waals surface area (Å²) >= 11 is 3.58. The van der Waals surface area contributed by atoms with Crippen molar-refractivity contribution in [1.82, 2.24) is 9.78 Å². The second kappa shape index (κ2) is 6.10. The summed E-state index contributed by atoms with van der Waals surface area (Å²) in [5.41, 5.74) is 2.10. The van der Waals surface area contributed by atoms with Gasteiger partial charge < -0.3 is 5.11 Å². The van der Waals surface area contributed by atoms with Crippen molar-refractivity contribution in [3.8, 4) is 0 Å². The molecular weight excluding hydrogens is 316 g/mol. The largest absolute Gasteiger partial charge is 0.385 e. The van der Waals surface area contributed by atoms with Gasteiger partial charge in [0.05, 0.1) is 21.5 Å². The van der Waals surface area contributed by atoms with Crippen molar-refractivity contribution in [3.05, 3.63) is 51.8 Å². The van der Waals surface area contributed by atoms with Gasteiger partial charge in [-0.15, -0.1) is 0 Å². The maximum atomic E-state index is 11.1. The molecule has 0 fully saturated rings.